The smallest absolute Gasteiger partial charge is 0.422 e. The van der Waals surface area contributed by atoms with Gasteiger partial charge in [-0.15, -0.1) is 0 Å². The number of aromatic nitrogens is 1. The van der Waals surface area contributed by atoms with Crippen molar-refractivity contribution in [2.75, 3.05) is 13.2 Å². The zero-order chi connectivity index (χ0) is 17.5. The molecule has 0 saturated heterocycles. The van der Waals surface area contributed by atoms with Crippen molar-refractivity contribution in [1.82, 2.24) is 9.88 Å². The predicted molar refractivity (Wildman–Crippen MR) is 76.1 cm³/mol. The van der Waals surface area contributed by atoms with Gasteiger partial charge in [-0.25, -0.2) is 4.79 Å². The van der Waals surface area contributed by atoms with Gasteiger partial charge in [0.1, 0.15) is 0 Å². The number of carbonyl (C=O) groups is 2. The highest BCUT2D eigenvalue weighted by Crippen LogP contribution is 2.15. The molecule has 8 heteroatoms. The van der Waals surface area contributed by atoms with E-state index in [1.54, 1.807) is 18.2 Å². The number of pyridine rings is 1. The Morgan fingerprint density at radius 2 is 2.04 bits per heavy atom. The number of ether oxygens (including phenoxy) is 1. The minimum absolute atomic E-state index is 0.0329. The Kier molecular flexibility index (Phi) is 6.99. The van der Waals surface area contributed by atoms with Crippen molar-refractivity contribution in [3.05, 3.63) is 30.1 Å². The number of nitrogens with zero attached hydrogens (tertiary/aromatic N) is 2. The number of esters is 1. The van der Waals surface area contributed by atoms with Gasteiger partial charge in [0.05, 0.1) is 12.2 Å². The number of hydrogen-bond acceptors (Lipinski definition) is 4. The van der Waals surface area contributed by atoms with Gasteiger partial charge in [-0.2, -0.15) is 13.2 Å². The van der Waals surface area contributed by atoms with E-state index in [4.69, 9.17) is 0 Å². The third kappa shape index (κ3) is 7.12. The van der Waals surface area contributed by atoms with Crippen molar-refractivity contribution in [1.29, 1.82) is 0 Å². The van der Waals surface area contributed by atoms with Crippen LogP contribution in [-0.4, -0.2) is 41.1 Å². The summed E-state index contributed by atoms with van der Waals surface area (Å²) in [5.74, 6) is -2.53. The molecular formula is C15H19F3N2O3. The summed E-state index contributed by atoms with van der Waals surface area (Å²) in [5.41, 5.74) is 0.535. The van der Waals surface area contributed by atoms with Gasteiger partial charge >= 0.3 is 18.1 Å². The first kappa shape index (κ1) is 18.9. The van der Waals surface area contributed by atoms with E-state index in [1.165, 1.54) is 6.20 Å². The summed E-state index contributed by atoms with van der Waals surface area (Å²) in [6.07, 6.45) is -2.38. The van der Waals surface area contributed by atoms with E-state index < -0.39 is 24.7 Å². The Labute approximate surface area is 132 Å². The van der Waals surface area contributed by atoms with Gasteiger partial charge in [-0.05, 0) is 18.1 Å². The van der Waals surface area contributed by atoms with E-state index in [0.29, 0.717) is 5.69 Å². The highest BCUT2D eigenvalue weighted by molar-refractivity contribution is 6.32. The normalized spacial score (nSPS) is 12.6. The third-order valence-electron chi connectivity index (χ3n) is 3.14. The van der Waals surface area contributed by atoms with E-state index in [0.717, 1.165) is 11.3 Å². The largest absolute Gasteiger partial charge is 0.449 e. The van der Waals surface area contributed by atoms with Crippen LogP contribution in [0.2, 0.25) is 0 Å². The Bertz CT molecular complexity index is 520. The second-order valence-electron chi connectivity index (χ2n) is 5.21. The molecule has 0 radical (unpaired) electrons. The molecule has 1 amide bonds. The lowest BCUT2D eigenvalue weighted by atomic mass is 10.1. The van der Waals surface area contributed by atoms with Gasteiger partial charge in [0.15, 0.2) is 6.61 Å². The first-order chi connectivity index (χ1) is 10.7. The molecule has 23 heavy (non-hydrogen) atoms. The van der Waals surface area contributed by atoms with Crippen LogP contribution >= 0.6 is 0 Å². The highest BCUT2D eigenvalue weighted by Gasteiger charge is 2.32. The molecule has 0 aliphatic heterocycles. The van der Waals surface area contributed by atoms with Crippen molar-refractivity contribution in [3.63, 3.8) is 0 Å². The van der Waals surface area contributed by atoms with Gasteiger partial charge < -0.3 is 9.64 Å². The summed E-state index contributed by atoms with van der Waals surface area (Å²) in [6, 6.07) is 5.08. The van der Waals surface area contributed by atoms with E-state index in [9.17, 15) is 22.8 Å². The lowest BCUT2D eigenvalue weighted by Crippen LogP contribution is -2.40. The number of hydrogen-bond donors (Lipinski definition) is 0. The molecular weight excluding hydrogens is 313 g/mol. The van der Waals surface area contributed by atoms with Crippen LogP contribution in [0.3, 0.4) is 0 Å². The van der Waals surface area contributed by atoms with Crippen molar-refractivity contribution in [2.45, 2.75) is 33.0 Å². The molecule has 0 N–H and O–H groups in total. The fourth-order valence-corrected chi connectivity index (χ4v) is 1.75. The molecule has 128 valence electrons. The quantitative estimate of drug-likeness (QED) is 0.593. The Morgan fingerprint density at radius 3 is 2.57 bits per heavy atom. The number of alkyl halides is 3. The van der Waals surface area contributed by atoms with E-state index in [1.807, 2.05) is 13.8 Å². The highest BCUT2D eigenvalue weighted by atomic mass is 19.4. The monoisotopic (exact) mass is 332 g/mol. The summed E-state index contributed by atoms with van der Waals surface area (Å²) in [6.45, 7) is 2.27. The van der Waals surface area contributed by atoms with Crippen LogP contribution in [0.1, 0.15) is 26.0 Å². The Morgan fingerprint density at radius 1 is 1.35 bits per heavy atom. The second kappa shape index (κ2) is 8.50. The summed E-state index contributed by atoms with van der Waals surface area (Å²) >= 11 is 0. The van der Waals surface area contributed by atoms with Crippen LogP contribution in [0.4, 0.5) is 13.2 Å². The first-order valence-corrected chi connectivity index (χ1v) is 7.15. The van der Waals surface area contributed by atoms with Gasteiger partial charge in [0.25, 0.3) is 0 Å². The van der Waals surface area contributed by atoms with Crippen LogP contribution in [-0.2, 0) is 20.9 Å². The minimum atomic E-state index is -4.67. The van der Waals surface area contributed by atoms with Crippen molar-refractivity contribution in [3.8, 4) is 0 Å². The molecule has 0 spiro atoms. The zero-order valence-corrected chi connectivity index (χ0v) is 13.0. The molecule has 1 aromatic heterocycles. The zero-order valence-electron chi connectivity index (χ0n) is 13.0. The lowest BCUT2D eigenvalue weighted by Gasteiger charge is -2.24. The Hall–Kier alpha value is -2.12. The average molecular weight is 332 g/mol. The summed E-state index contributed by atoms with van der Waals surface area (Å²) in [5, 5.41) is 0. The number of halogens is 3. The summed E-state index contributed by atoms with van der Waals surface area (Å²) in [4.78, 5) is 28.8. The van der Waals surface area contributed by atoms with Crippen LogP contribution in [0, 0.1) is 5.92 Å². The molecule has 0 aliphatic rings. The molecule has 5 nitrogen and oxygen atoms in total. The van der Waals surface area contributed by atoms with Crippen LogP contribution < -0.4 is 0 Å². The van der Waals surface area contributed by atoms with E-state index in [2.05, 4.69) is 9.72 Å². The minimum Gasteiger partial charge on any atom is -0.449 e. The number of rotatable bonds is 6. The van der Waals surface area contributed by atoms with Gasteiger partial charge in [0.2, 0.25) is 0 Å². The fourth-order valence-electron chi connectivity index (χ4n) is 1.75. The molecule has 1 rings (SSSR count). The van der Waals surface area contributed by atoms with Crippen LogP contribution in [0.15, 0.2) is 24.4 Å². The molecule has 1 atom stereocenters. The molecule has 0 fully saturated rings. The first-order valence-electron chi connectivity index (χ1n) is 7.15. The SMILES string of the molecule is CCC(C)CN(Cc1ccccn1)C(=O)C(=O)OCC(F)(F)F. The molecule has 0 saturated carbocycles. The van der Waals surface area contributed by atoms with Crippen LogP contribution in [0.25, 0.3) is 0 Å². The fraction of sp³-hybridized carbons (Fsp3) is 0.533. The predicted octanol–water partition coefficient (Wildman–Crippen LogP) is 2.56. The second-order valence-corrected chi connectivity index (χ2v) is 5.21. The van der Waals surface area contributed by atoms with Gasteiger partial charge in [-0.1, -0.05) is 26.3 Å². The molecule has 0 aromatic carbocycles. The Balaban J connectivity index is 2.77. The molecule has 1 aromatic rings. The molecule has 0 aliphatic carbocycles. The van der Waals surface area contributed by atoms with Crippen molar-refractivity contribution >= 4 is 11.9 Å². The van der Waals surface area contributed by atoms with Crippen molar-refractivity contribution < 1.29 is 27.5 Å². The summed E-state index contributed by atoms with van der Waals surface area (Å²) in [7, 11) is 0. The van der Waals surface area contributed by atoms with E-state index in [-0.39, 0.29) is 19.0 Å². The van der Waals surface area contributed by atoms with Crippen molar-refractivity contribution in [2.24, 2.45) is 5.92 Å². The van der Waals surface area contributed by atoms with Gasteiger partial charge in [-0.3, -0.25) is 9.78 Å². The topological polar surface area (TPSA) is 59.5 Å². The molecule has 1 heterocycles. The lowest BCUT2D eigenvalue weighted by molar-refractivity contribution is -0.189. The number of amides is 1. The summed E-state index contributed by atoms with van der Waals surface area (Å²) < 4.78 is 40.3. The molecule has 1 unspecified atom stereocenters. The average Bonchev–Trinajstić information content (AvgIpc) is 2.51. The maximum atomic E-state index is 12.1. The van der Waals surface area contributed by atoms with Gasteiger partial charge in [0, 0.05) is 12.7 Å². The van der Waals surface area contributed by atoms with E-state index >= 15 is 0 Å². The maximum Gasteiger partial charge on any atom is 0.422 e. The standard InChI is InChI=1S/C15H19F3N2O3/c1-3-11(2)8-20(9-12-6-4-5-7-19-12)13(21)14(22)23-10-15(16,17)18/h4-7,11H,3,8-10H2,1-2H3. The molecule has 0 bridgehead atoms. The maximum absolute atomic E-state index is 12.1. The number of carbonyl (C=O) groups excluding carboxylic acids is 2. The third-order valence-corrected chi connectivity index (χ3v) is 3.14. The van der Waals surface area contributed by atoms with Crippen LogP contribution in [0.5, 0.6) is 0 Å².